The second-order valence-electron chi connectivity index (χ2n) is 5.16. The van der Waals surface area contributed by atoms with Crippen molar-refractivity contribution < 1.29 is 14.7 Å². The van der Waals surface area contributed by atoms with E-state index in [0.29, 0.717) is 22.9 Å². The molecule has 104 valence electrons. The van der Waals surface area contributed by atoms with Crippen molar-refractivity contribution >= 4 is 28.2 Å². The van der Waals surface area contributed by atoms with Crippen LogP contribution in [0.2, 0.25) is 0 Å². The maximum absolute atomic E-state index is 11.7. The third kappa shape index (κ3) is 2.97. The molecular formula is C14H19NO3S. The van der Waals surface area contributed by atoms with Gasteiger partial charge in [0.05, 0.1) is 5.56 Å². The Kier molecular flexibility index (Phi) is 4.24. The van der Waals surface area contributed by atoms with Crippen LogP contribution in [0.25, 0.3) is 0 Å². The first-order valence-electron chi connectivity index (χ1n) is 6.70. The van der Waals surface area contributed by atoms with Crippen molar-refractivity contribution in [3.05, 3.63) is 16.0 Å². The fourth-order valence-corrected chi connectivity index (χ4v) is 3.74. The number of hydrogen-bond donors (Lipinski definition) is 2. The van der Waals surface area contributed by atoms with Crippen LogP contribution in [0.5, 0.6) is 0 Å². The highest BCUT2D eigenvalue weighted by molar-refractivity contribution is 7.17. The van der Waals surface area contributed by atoms with Crippen LogP contribution in [-0.2, 0) is 17.6 Å². The van der Waals surface area contributed by atoms with Crippen LogP contribution in [0.4, 0.5) is 5.00 Å². The molecule has 0 saturated heterocycles. The first-order valence-corrected chi connectivity index (χ1v) is 7.52. The van der Waals surface area contributed by atoms with E-state index in [4.69, 9.17) is 0 Å². The van der Waals surface area contributed by atoms with E-state index in [9.17, 15) is 14.7 Å². The molecule has 1 unspecified atom stereocenters. The lowest BCUT2D eigenvalue weighted by atomic mass is 9.88. The number of carbonyl (C=O) groups excluding carboxylic acids is 1. The lowest BCUT2D eigenvalue weighted by Gasteiger charge is -2.18. The maximum atomic E-state index is 11.7. The first kappa shape index (κ1) is 14.1. The van der Waals surface area contributed by atoms with Gasteiger partial charge in [-0.1, -0.05) is 13.8 Å². The summed E-state index contributed by atoms with van der Waals surface area (Å²) in [6.07, 6.45) is 4.01. The van der Waals surface area contributed by atoms with Crippen molar-refractivity contribution in [3.8, 4) is 0 Å². The number of hydrogen-bond acceptors (Lipinski definition) is 3. The minimum Gasteiger partial charge on any atom is -0.478 e. The van der Waals surface area contributed by atoms with E-state index in [2.05, 4.69) is 12.2 Å². The highest BCUT2D eigenvalue weighted by Gasteiger charge is 2.28. The van der Waals surface area contributed by atoms with Gasteiger partial charge in [0.15, 0.2) is 0 Å². The summed E-state index contributed by atoms with van der Waals surface area (Å²) < 4.78 is 0. The smallest absolute Gasteiger partial charge is 0.339 e. The van der Waals surface area contributed by atoms with Crippen molar-refractivity contribution in [1.82, 2.24) is 0 Å². The molecule has 0 aliphatic heterocycles. The molecule has 1 aromatic heterocycles. The second kappa shape index (κ2) is 5.74. The minimum absolute atomic E-state index is 0.100. The normalized spacial score (nSPS) is 17.9. The predicted molar refractivity (Wildman–Crippen MR) is 76.0 cm³/mol. The van der Waals surface area contributed by atoms with Gasteiger partial charge in [0.25, 0.3) is 0 Å². The second-order valence-corrected chi connectivity index (χ2v) is 6.26. The average molecular weight is 281 g/mol. The molecular weight excluding hydrogens is 262 g/mol. The number of carboxylic acid groups (broad SMARTS) is 1. The molecule has 1 aliphatic rings. The van der Waals surface area contributed by atoms with Gasteiger partial charge >= 0.3 is 5.97 Å². The molecule has 0 spiro atoms. The molecule has 1 aliphatic carbocycles. The van der Waals surface area contributed by atoms with Crippen LogP contribution in [0.3, 0.4) is 0 Å². The number of amides is 1. The lowest BCUT2D eigenvalue weighted by molar-refractivity contribution is -0.116. The van der Waals surface area contributed by atoms with Gasteiger partial charge in [0.1, 0.15) is 5.00 Å². The third-order valence-corrected chi connectivity index (χ3v) is 4.66. The standard InChI is InChI=1S/C14H19NO3S/c1-3-4-11(16)15-13-12(14(17)18)9-7-8(2)5-6-10(9)19-13/h8H,3-7H2,1-2H3,(H,15,16)(H,17,18). The van der Waals surface area contributed by atoms with E-state index >= 15 is 0 Å². The van der Waals surface area contributed by atoms with Gasteiger partial charge < -0.3 is 10.4 Å². The molecule has 1 amide bonds. The van der Waals surface area contributed by atoms with Gasteiger partial charge in [-0.25, -0.2) is 4.79 Å². The Morgan fingerprint density at radius 3 is 2.84 bits per heavy atom. The zero-order valence-electron chi connectivity index (χ0n) is 11.3. The van der Waals surface area contributed by atoms with Crippen molar-refractivity contribution in [2.75, 3.05) is 5.32 Å². The number of aromatic carboxylic acids is 1. The van der Waals surface area contributed by atoms with Gasteiger partial charge in [-0.3, -0.25) is 4.79 Å². The number of thiophene rings is 1. The third-order valence-electron chi connectivity index (χ3n) is 3.45. The summed E-state index contributed by atoms with van der Waals surface area (Å²) in [5.74, 6) is -0.519. The Morgan fingerprint density at radius 1 is 1.47 bits per heavy atom. The van der Waals surface area contributed by atoms with Crippen LogP contribution in [-0.4, -0.2) is 17.0 Å². The molecule has 1 aromatic rings. The fraction of sp³-hybridized carbons (Fsp3) is 0.571. The lowest BCUT2D eigenvalue weighted by Crippen LogP contribution is -2.15. The highest BCUT2D eigenvalue weighted by atomic mass is 32.1. The van der Waals surface area contributed by atoms with Gasteiger partial charge in [-0.15, -0.1) is 11.3 Å². The number of carbonyl (C=O) groups is 2. The van der Waals surface area contributed by atoms with Gasteiger partial charge in [0.2, 0.25) is 5.91 Å². The molecule has 2 N–H and O–H groups in total. The van der Waals surface area contributed by atoms with E-state index < -0.39 is 5.97 Å². The summed E-state index contributed by atoms with van der Waals surface area (Å²) in [6, 6.07) is 0. The molecule has 2 rings (SSSR count). The van der Waals surface area contributed by atoms with E-state index in [1.165, 1.54) is 11.3 Å². The Bertz CT molecular complexity index is 507. The fourth-order valence-electron chi connectivity index (χ4n) is 2.49. The van der Waals surface area contributed by atoms with Gasteiger partial charge in [0, 0.05) is 11.3 Å². The van der Waals surface area contributed by atoms with Gasteiger partial charge in [-0.05, 0) is 37.2 Å². The Hall–Kier alpha value is -1.36. The molecule has 1 heterocycles. The van der Waals surface area contributed by atoms with Gasteiger partial charge in [-0.2, -0.15) is 0 Å². The summed E-state index contributed by atoms with van der Waals surface area (Å²) in [6.45, 7) is 4.07. The van der Waals surface area contributed by atoms with Crippen LogP contribution in [0.1, 0.15) is 53.9 Å². The Labute approximate surface area is 116 Å². The van der Waals surface area contributed by atoms with Crippen LogP contribution < -0.4 is 5.32 Å². The molecule has 4 nitrogen and oxygen atoms in total. The summed E-state index contributed by atoms with van der Waals surface area (Å²) in [4.78, 5) is 24.3. The van der Waals surface area contributed by atoms with Crippen LogP contribution in [0, 0.1) is 5.92 Å². The molecule has 0 aromatic carbocycles. The Morgan fingerprint density at radius 2 is 2.21 bits per heavy atom. The molecule has 19 heavy (non-hydrogen) atoms. The van der Waals surface area contributed by atoms with Crippen molar-refractivity contribution in [3.63, 3.8) is 0 Å². The molecule has 0 bridgehead atoms. The summed E-state index contributed by atoms with van der Waals surface area (Å²) in [7, 11) is 0. The van der Waals surface area contributed by atoms with Crippen LogP contribution in [0.15, 0.2) is 0 Å². The predicted octanol–water partition coefficient (Wildman–Crippen LogP) is 3.31. The number of nitrogens with one attached hydrogen (secondary N) is 1. The number of anilines is 1. The monoisotopic (exact) mass is 281 g/mol. The first-order chi connectivity index (χ1) is 9.02. The summed E-state index contributed by atoms with van der Waals surface area (Å²) >= 11 is 1.43. The molecule has 0 saturated carbocycles. The molecule has 5 heteroatoms. The highest BCUT2D eigenvalue weighted by Crippen LogP contribution is 2.39. The number of carboxylic acids is 1. The van der Waals surface area contributed by atoms with Crippen molar-refractivity contribution in [1.29, 1.82) is 0 Å². The minimum atomic E-state index is -0.932. The summed E-state index contributed by atoms with van der Waals surface area (Å²) in [5.41, 5.74) is 1.25. The largest absolute Gasteiger partial charge is 0.478 e. The number of fused-ring (bicyclic) bond motifs is 1. The average Bonchev–Trinajstić information content (AvgIpc) is 2.66. The zero-order chi connectivity index (χ0) is 14.0. The van der Waals surface area contributed by atoms with E-state index in [1.807, 2.05) is 6.92 Å². The quantitative estimate of drug-likeness (QED) is 0.889. The Balaban J connectivity index is 2.33. The maximum Gasteiger partial charge on any atom is 0.339 e. The zero-order valence-corrected chi connectivity index (χ0v) is 12.1. The van der Waals surface area contributed by atoms with E-state index in [-0.39, 0.29) is 5.91 Å². The molecule has 0 fully saturated rings. The molecule has 1 atom stereocenters. The summed E-state index contributed by atoms with van der Waals surface area (Å²) in [5, 5.41) is 12.7. The van der Waals surface area contributed by atoms with Crippen molar-refractivity contribution in [2.45, 2.75) is 46.0 Å². The van der Waals surface area contributed by atoms with Crippen molar-refractivity contribution in [2.24, 2.45) is 5.92 Å². The molecule has 0 radical (unpaired) electrons. The van der Waals surface area contributed by atoms with E-state index in [0.717, 1.165) is 36.1 Å². The number of rotatable bonds is 4. The SMILES string of the molecule is CCCC(=O)Nc1sc2c(c1C(=O)O)CC(C)CC2. The van der Waals surface area contributed by atoms with E-state index in [1.54, 1.807) is 0 Å². The number of aryl methyl sites for hydroxylation is 1. The topological polar surface area (TPSA) is 66.4 Å². The van der Waals surface area contributed by atoms with Crippen LogP contribution >= 0.6 is 11.3 Å².